The molecular formula is C16H20N2O. The third-order valence-corrected chi connectivity index (χ3v) is 3.42. The first kappa shape index (κ1) is 13.7. The standard InChI is InChI=1S/C16H20N2O/c1-17-18-12-14-9-7-13(8-10-14)11-15-5-3-2-4-6-16(15)19/h7-11H,2-6,12H2,1H3. The average Bonchev–Trinajstić information content (AvgIpc) is 2.63. The summed E-state index contributed by atoms with van der Waals surface area (Å²) in [4.78, 5) is 11.9. The maximum absolute atomic E-state index is 11.9. The molecule has 1 aromatic rings. The number of azo groups is 1. The first-order valence-corrected chi connectivity index (χ1v) is 6.88. The molecule has 3 heteroatoms. The number of Topliss-reactive ketones (excluding diaryl/α,β-unsaturated/α-hetero) is 1. The fourth-order valence-corrected chi connectivity index (χ4v) is 2.30. The van der Waals surface area contributed by atoms with Gasteiger partial charge in [0.1, 0.15) is 0 Å². The van der Waals surface area contributed by atoms with Crippen molar-refractivity contribution in [3.8, 4) is 0 Å². The van der Waals surface area contributed by atoms with E-state index >= 15 is 0 Å². The van der Waals surface area contributed by atoms with Crippen molar-refractivity contribution in [2.45, 2.75) is 38.6 Å². The van der Waals surface area contributed by atoms with Crippen LogP contribution in [-0.4, -0.2) is 12.8 Å². The predicted molar refractivity (Wildman–Crippen MR) is 77.0 cm³/mol. The lowest BCUT2D eigenvalue weighted by Gasteiger charge is -2.03. The van der Waals surface area contributed by atoms with Crippen molar-refractivity contribution >= 4 is 11.9 Å². The third-order valence-electron chi connectivity index (χ3n) is 3.42. The topological polar surface area (TPSA) is 41.8 Å². The minimum absolute atomic E-state index is 0.321. The minimum atomic E-state index is 0.321. The van der Waals surface area contributed by atoms with Crippen LogP contribution in [-0.2, 0) is 11.3 Å². The molecule has 19 heavy (non-hydrogen) atoms. The monoisotopic (exact) mass is 256 g/mol. The quantitative estimate of drug-likeness (QED) is 0.454. The molecule has 1 aromatic carbocycles. The van der Waals surface area contributed by atoms with E-state index in [0.29, 0.717) is 18.7 Å². The molecule has 1 fully saturated rings. The van der Waals surface area contributed by atoms with Gasteiger partial charge in [-0.3, -0.25) is 4.79 Å². The van der Waals surface area contributed by atoms with Crippen LogP contribution < -0.4 is 0 Å². The summed E-state index contributed by atoms with van der Waals surface area (Å²) in [6, 6.07) is 8.18. The summed E-state index contributed by atoms with van der Waals surface area (Å²) in [7, 11) is 1.68. The molecule has 1 aliphatic rings. The van der Waals surface area contributed by atoms with E-state index in [1.807, 2.05) is 30.3 Å². The fourth-order valence-electron chi connectivity index (χ4n) is 2.30. The second-order valence-corrected chi connectivity index (χ2v) is 4.89. The van der Waals surface area contributed by atoms with Crippen LogP contribution in [0, 0.1) is 0 Å². The zero-order valence-corrected chi connectivity index (χ0v) is 11.4. The Morgan fingerprint density at radius 1 is 1.11 bits per heavy atom. The van der Waals surface area contributed by atoms with Crippen LogP contribution in [0.3, 0.4) is 0 Å². The molecule has 100 valence electrons. The van der Waals surface area contributed by atoms with Gasteiger partial charge in [0.15, 0.2) is 5.78 Å². The zero-order chi connectivity index (χ0) is 13.5. The largest absolute Gasteiger partial charge is 0.295 e. The van der Waals surface area contributed by atoms with Crippen LogP contribution in [0.4, 0.5) is 0 Å². The molecule has 0 saturated heterocycles. The predicted octanol–water partition coefficient (Wildman–Crippen LogP) is 4.19. The first-order chi connectivity index (χ1) is 9.29. The Labute approximate surface area is 114 Å². The Kier molecular flexibility index (Phi) is 5.01. The Morgan fingerprint density at radius 2 is 1.84 bits per heavy atom. The maximum atomic E-state index is 11.9. The van der Waals surface area contributed by atoms with E-state index in [4.69, 9.17) is 0 Å². The fraction of sp³-hybridized carbons (Fsp3) is 0.438. The van der Waals surface area contributed by atoms with Crippen LogP contribution in [0.15, 0.2) is 40.1 Å². The Bertz CT molecular complexity index is 486. The normalized spacial score (nSPS) is 19.0. The second kappa shape index (κ2) is 6.98. The van der Waals surface area contributed by atoms with Gasteiger partial charge in [0.2, 0.25) is 0 Å². The summed E-state index contributed by atoms with van der Waals surface area (Å²) >= 11 is 0. The van der Waals surface area contributed by atoms with E-state index in [0.717, 1.165) is 36.0 Å². The number of carbonyl (C=O) groups excluding carboxylic acids is 1. The van der Waals surface area contributed by atoms with Gasteiger partial charge in [-0.1, -0.05) is 30.7 Å². The number of hydrogen-bond donors (Lipinski definition) is 0. The molecule has 1 saturated carbocycles. The molecule has 3 nitrogen and oxygen atoms in total. The van der Waals surface area contributed by atoms with Crippen molar-refractivity contribution in [3.05, 3.63) is 41.0 Å². The maximum Gasteiger partial charge on any atom is 0.158 e. The highest BCUT2D eigenvalue weighted by Crippen LogP contribution is 2.21. The summed E-state index contributed by atoms with van der Waals surface area (Å²) in [6.07, 6.45) is 7.01. The highest BCUT2D eigenvalue weighted by atomic mass is 16.1. The molecule has 0 aromatic heterocycles. The highest BCUT2D eigenvalue weighted by molar-refractivity contribution is 5.99. The van der Waals surface area contributed by atoms with E-state index in [1.54, 1.807) is 7.05 Å². The van der Waals surface area contributed by atoms with Crippen molar-refractivity contribution < 1.29 is 4.79 Å². The lowest BCUT2D eigenvalue weighted by molar-refractivity contribution is -0.115. The number of ketones is 1. The summed E-state index contributed by atoms with van der Waals surface area (Å²) < 4.78 is 0. The van der Waals surface area contributed by atoms with Gasteiger partial charge < -0.3 is 0 Å². The number of carbonyl (C=O) groups is 1. The van der Waals surface area contributed by atoms with Crippen LogP contribution >= 0.6 is 0 Å². The SMILES string of the molecule is CN=NCc1ccc(C=C2CCCCCC2=O)cc1. The lowest BCUT2D eigenvalue weighted by Crippen LogP contribution is -1.99. The molecule has 0 aliphatic heterocycles. The van der Waals surface area contributed by atoms with Crippen molar-refractivity contribution in [3.63, 3.8) is 0 Å². The Balaban J connectivity index is 2.10. The summed E-state index contributed by atoms with van der Waals surface area (Å²) in [6.45, 7) is 0.617. The van der Waals surface area contributed by atoms with Crippen molar-refractivity contribution in [2.24, 2.45) is 10.2 Å². The molecule has 0 unspecified atom stereocenters. The average molecular weight is 256 g/mol. The van der Waals surface area contributed by atoms with Crippen LogP contribution in [0.1, 0.15) is 43.2 Å². The number of nitrogens with zero attached hydrogens (tertiary/aromatic N) is 2. The molecule has 0 amide bonds. The van der Waals surface area contributed by atoms with Crippen LogP contribution in [0.2, 0.25) is 0 Å². The third kappa shape index (κ3) is 4.12. The Morgan fingerprint density at radius 3 is 2.58 bits per heavy atom. The van der Waals surface area contributed by atoms with Crippen molar-refractivity contribution in [2.75, 3.05) is 7.05 Å². The van der Waals surface area contributed by atoms with Crippen molar-refractivity contribution in [1.82, 2.24) is 0 Å². The second-order valence-electron chi connectivity index (χ2n) is 4.89. The van der Waals surface area contributed by atoms with E-state index in [1.165, 1.54) is 6.42 Å². The van der Waals surface area contributed by atoms with Gasteiger partial charge in [0.05, 0.1) is 6.54 Å². The molecule has 0 N–H and O–H groups in total. The number of hydrogen-bond acceptors (Lipinski definition) is 3. The smallest absolute Gasteiger partial charge is 0.158 e. The molecule has 1 aliphatic carbocycles. The van der Waals surface area contributed by atoms with E-state index in [9.17, 15) is 4.79 Å². The zero-order valence-electron chi connectivity index (χ0n) is 11.4. The number of benzene rings is 1. The number of rotatable bonds is 3. The van der Waals surface area contributed by atoms with Gasteiger partial charge >= 0.3 is 0 Å². The van der Waals surface area contributed by atoms with Gasteiger partial charge in [-0.2, -0.15) is 10.2 Å². The van der Waals surface area contributed by atoms with Gasteiger partial charge in [-0.15, -0.1) is 0 Å². The van der Waals surface area contributed by atoms with Gasteiger partial charge in [-0.25, -0.2) is 0 Å². The van der Waals surface area contributed by atoms with Gasteiger partial charge in [0, 0.05) is 13.5 Å². The molecule has 0 heterocycles. The lowest BCUT2D eigenvalue weighted by atomic mass is 10.0. The van der Waals surface area contributed by atoms with Gasteiger partial charge in [-0.05, 0) is 42.0 Å². The highest BCUT2D eigenvalue weighted by Gasteiger charge is 2.12. The molecule has 2 rings (SSSR count). The van der Waals surface area contributed by atoms with E-state index < -0.39 is 0 Å². The van der Waals surface area contributed by atoms with Crippen LogP contribution in [0.25, 0.3) is 6.08 Å². The molecule has 0 atom stereocenters. The summed E-state index contributed by atoms with van der Waals surface area (Å²) in [5.74, 6) is 0.321. The summed E-state index contributed by atoms with van der Waals surface area (Å²) in [5.41, 5.74) is 3.22. The van der Waals surface area contributed by atoms with Gasteiger partial charge in [0.25, 0.3) is 0 Å². The van der Waals surface area contributed by atoms with Crippen LogP contribution in [0.5, 0.6) is 0 Å². The first-order valence-electron chi connectivity index (χ1n) is 6.88. The summed E-state index contributed by atoms with van der Waals surface area (Å²) in [5, 5.41) is 7.70. The molecular weight excluding hydrogens is 236 g/mol. The van der Waals surface area contributed by atoms with E-state index in [2.05, 4.69) is 10.2 Å². The number of allylic oxidation sites excluding steroid dienone is 1. The Hall–Kier alpha value is -1.77. The molecule has 0 radical (unpaired) electrons. The molecule has 0 spiro atoms. The minimum Gasteiger partial charge on any atom is -0.295 e. The van der Waals surface area contributed by atoms with E-state index in [-0.39, 0.29) is 0 Å². The van der Waals surface area contributed by atoms with Crippen molar-refractivity contribution in [1.29, 1.82) is 0 Å². The molecule has 0 bridgehead atoms.